The maximum atomic E-state index is 12.3. The van der Waals surface area contributed by atoms with Gasteiger partial charge in [-0.2, -0.15) is 5.26 Å². The van der Waals surface area contributed by atoms with Crippen molar-refractivity contribution >= 4 is 32.1 Å². The Morgan fingerprint density at radius 3 is 2.81 bits per heavy atom. The number of hydrogen-bond acceptors (Lipinski definition) is 6. The van der Waals surface area contributed by atoms with Crippen molar-refractivity contribution in [1.29, 1.82) is 5.26 Å². The van der Waals surface area contributed by atoms with E-state index in [0.29, 0.717) is 50.3 Å². The fraction of sp³-hybridized carbons (Fsp3) is 0.158. The summed E-state index contributed by atoms with van der Waals surface area (Å²) in [7, 11) is -3.29. The highest BCUT2D eigenvalue weighted by molar-refractivity contribution is 7.91. The maximum Gasteiger partial charge on any atom is 0.179 e. The number of rotatable bonds is 2. The number of fused-ring (bicyclic) bond motifs is 3. The molecule has 2 heterocycles. The lowest BCUT2D eigenvalue weighted by Crippen LogP contribution is -2.00. The number of nitrogens with one attached hydrogen (secondary N) is 1. The van der Waals surface area contributed by atoms with Gasteiger partial charge in [-0.15, -0.1) is 0 Å². The molecule has 2 N–H and O–H groups in total. The molecule has 1 aliphatic rings. The third kappa shape index (κ3) is 2.47. The van der Waals surface area contributed by atoms with Crippen LogP contribution in [-0.2, 0) is 16.3 Å². The van der Waals surface area contributed by atoms with Crippen LogP contribution in [0.15, 0.2) is 41.4 Å². The van der Waals surface area contributed by atoms with Gasteiger partial charge in [0.1, 0.15) is 11.8 Å². The van der Waals surface area contributed by atoms with Crippen LogP contribution in [0.5, 0.6) is 5.75 Å². The molecule has 0 saturated carbocycles. The number of benzene rings is 2. The second-order valence-electron chi connectivity index (χ2n) is 6.29. The molecule has 4 rings (SSSR count). The first-order chi connectivity index (χ1) is 12.4. The summed E-state index contributed by atoms with van der Waals surface area (Å²) in [4.78, 5) is 4.63. The lowest BCUT2D eigenvalue weighted by molar-refractivity contribution is 0.471. The number of aromatic hydroxyl groups is 1. The van der Waals surface area contributed by atoms with Gasteiger partial charge in [-0.25, -0.2) is 8.42 Å². The molecule has 0 amide bonds. The Morgan fingerprint density at radius 1 is 1.27 bits per heavy atom. The average molecular weight is 365 g/mol. The fourth-order valence-electron chi connectivity index (χ4n) is 3.31. The number of aromatic nitrogens is 1. The van der Waals surface area contributed by atoms with E-state index in [1.54, 1.807) is 37.3 Å². The zero-order valence-electron chi connectivity index (χ0n) is 13.9. The van der Waals surface area contributed by atoms with Crippen LogP contribution in [0.3, 0.4) is 0 Å². The predicted molar refractivity (Wildman–Crippen MR) is 98.3 cm³/mol. The van der Waals surface area contributed by atoms with Gasteiger partial charge in [0, 0.05) is 17.3 Å². The number of nitrogens with zero attached hydrogens (tertiary/aromatic N) is 2. The number of pyridine rings is 1. The molecule has 0 saturated heterocycles. The minimum Gasteiger partial charge on any atom is -0.508 e. The smallest absolute Gasteiger partial charge is 0.179 e. The summed E-state index contributed by atoms with van der Waals surface area (Å²) in [5, 5.41) is 23.1. The summed E-state index contributed by atoms with van der Waals surface area (Å²) >= 11 is 0. The van der Waals surface area contributed by atoms with E-state index < -0.39 is 9.84 Å². The van der Waals surface area contributed by atoms with Gasteiger partial charge < -0.3 is 10.4 Å². The summed E-state index contributed by atoms with van der Waals surface area (Å²) in [5.41, 5.74) is 3.60. The van der Waals surface area contributed by atoms with Crippen molar-refractivity contribution in [1.82, 2.24) is 4.98 Å². The second-order valence-corrected chi connectivity index (χ2v) is 8.37. The second kappa shape index (κ2) is 5.71. The van der Waals surface area contributed by atoms with Crippen molar-refractivity contribution in [3.05, 3.63) is 53.2 Å². The van der Waals surface area contributed by atoms with Gasteiger partial charge in [-0.1, -0.05) is 0 Å². The first kappa shape index (κ1) is 16.4. The molecule has 130 valence electrons. The molecular formula is C19H15N3O3S. The highest BCUT2D eigenvalue weighted by Crippen LogP contribution is 2.38. The lowest BCUT2D eigenvalue weighted by Gasteiger charge is -2.14. The van der Waals surface area contributed by atoms with Gasteiger partial charge in [0.05, 0.1) is 27.4 Å². The molecule has 26 heavy (non-hydrogen) atoms. The Balaban J connectivity index is 1.99. The van der Waals surface area contributed by atoms with E-state index in [4.69, 9.17) is 0 Å². The SMILES string of the molecule is Cc1cc(Nc2c(C#N)cnc3ccc4c(c23)CCS4(=O)=O)ccc1O. The van der Waals surface area contributed by atoms with E-state index in [0.717, 1.165) is 0 Å². The van der Waals surface area contributed by atoms with E-state index in [9.17, 15) is 18.8 Å². The van der Waals surface area contributed by atoms with Crippen molar-refractivity contribution in [3.63, 3.8) is 0 Å². The molecule has 0 spiro atoms. The van der Waals surface area contributed by atoms with E-state index in [2.05, 4.69) is 16.4 Å². The van der Waals surface area contributed by atoms with Crippen molar-refractivity contribution in [2.45, 2.75) is 18.2 Å². The number of sulfone groups is 1. The molecule has 0 radical (unpaired) electrons. The summed E-state index contributed by atoms with van der Waals surface area (Å²) in [6, 6.07) is 10.4. The normalized spacial score (nSPS) is 14.8. The minimum atomic E-state index is -3.29. The van der Waals surface area contributed by atoms with Crippen molar-refractivity contribution < 1.29 is 13.5 Å². The zero-order valence-corrected chi connectivity index (χ0v) is 14.8. The molecule has 3 aromatic rings. The Hall–Kier alpha value is -3.11. The molecule has 6 nitrogen and oxygen atoms in total. The lowest BCUT2D eigenvalue weighted by atomic mass is 10.0. The first-order valence-corrected chi connectivity index (χ1v) is 9.70. The van der Waals surface area contributed by atoms with Crippen molar-refractivity contribution in [2.24, 2.45) is 0 Å². The molecule has 0 atom stereocenters. The summed E-state index contributed by atoms with van der Waals surface area (Å²) in [6.45, 7) is 1.78. The van der Waals surface area contributed by atoms with E-state index >= 15 is 0 Å². The monoisotopic (exact) mass is 365 g/mol. The third-order valence-electron chi connectivity index (χ3n) is 4.64. The summed E-state index contributed by atoms with van der Waals surface area (Å²) < 4.78 is 24.5. The quantitative estimate of drug-likeness (QED) is 0.676. The standard InChI is InChI=1S/C19H15N3O3S/c1-11-8-13(2-4-16(11)23)22-19-12(9-20)10-21-15-3-5-17-14(18(15)19)6-7-26(17,24)25/h2-5,8,10,23H,6-7H2,1H3,(H,21,22). The Bertz CT molecular complexity index is 1210. The number of nitriles is 1. The Morgan fingerprint density at radius 2 is 2.08 bits per heavy atom. The van der Waals surface area contributed by atoms with Gasteiger partial charge >= 0.3 is 0 Å². The van der Waals surface area contributed by atoms with Crippen molar-refractivity contribution in [2.75, 3.05) is 11.1 Å². The number of hydrogen-bond donors (Lipinski definition) is 2. The highest BCUT2D eigenvalue weighted by Gasteiger charge is 2.29. The van der Waals surface area contributed by atoms with Crippen LogP contribution in [0.25, 0.3) is 10.9 Å². The molecule has 0 bridgehead atoms. The third-order valence-corrected chi connectivity index (χ3v) is 6.44. The van der Waals surface area contributed by atoms with Gasteiger partial charge in [0.2, 0.25) is 0 Å². The Labute approximate surface area is 150 Å². The average Bonchev–Trinajstić information content (AvgIpc) is 2.93. The van der Waals surface area contributed by atoms with Crippen LogP contribution in [0.4, 0.5) is 11.4 Å². The molecule has 1 aliphatic heterocycles. The predicted octanol–water partition coefficient (Wildman–Crippen LogP) is 3.19. The van der Waals surface area contributed by atoms with Crippen LogP contribution >= 0.6 is 0 Å². The van der Waals surface area contributed by atoms with Crippen molar-refractivity contribution in [3.8, 4) is 11.8 Å². The summed E-state index contributed by atoms with van der Waals surface area (Å²) in [6.07, 6.45) is 1.88. The molecule has 1 aromatic heterocycles. The molecule has 0 unspecified atom stereocenters. The number of aryl methyl sites for hydroxylation is 2. The van der Waals surface area contributed by atoms with Gasteiger partial charge in [-0.3, -0.25) is 4.98 Å². The van der Waals surface area contributed by atoms with Gasteiger partial charge in [0.25, 0.3) is 0 Å². The zero-order chi connectivity index (χ0) is 18.5. The van der Waals surface area contributed by atoms with E-state index in [-0.39, 0.29) is 11.5 Å². The van der Waals surface area contributed by atoms with Crippen LogP contribution in [0, 0.1) is 18.3 Å². The fourth-order valence-corrected chi connectivity index (χ4v) is 4.86. The topological polar surface area (TPSA) is 103 Å². The van der Waals surface area contributed by atoms with E-state index in [1.807, 2.05) is 0 Å². The van der Waals surface area contributed by atoms with Gasteiger partial charge in [0.15, 0.2) is 9.84 Å². The van der Waals surface area contributed by atoms with Crippen LogP contribution in [-0.4, -0.2) is 24.3 Å². The molecule has 2 aromatic carbocycles. The maximum absolute atomic E-state index is 12.3. The first-order valence-electron chi connectivity index (χ1n) is 8.05. The Kier molecular flexibility index (Phi) is 3.60. The minimum absolute atomic E-state index is 0.0655. The van der Waals surface area contributed by atoms with Crippen LogP contribution < -0.4 is 5.32 Å². The summed E-state index contributed by atoms with van der Waals surface area (Å²) in [5.74, 6) is 0.248. The van der Waals surface area contributed by atoms with Gasteiger partial charge in [-0.05, 0) is 54.8 Å². The number of phenols is 1. The molecule has 7 heteroatoms. The molecule has 0 fully saturated rings. The van der Waals surface area contributed by atoms with Crippen LogP contribution in [0.2, 0.25) is 0 Å². The molecular weight excluding hydrogens is 350 g/mol. The van der Waals surface area contributed by atoms with Crippen LogP contribution in [0.1, 0.15) is 16.7 Å². The van der Waals surface area contributed by atoms with E-state index in [1.165, 1.54) is 6.20 Å². The largest absolute Gasteiger partial charge is 0.508 e. The number of anilines is 2. The number of phenolic OH excluding ortho intramolecular Hbond substituents is 1. The highest BCUT2D eigenvalue weighted by atomic mass is 32.2. The molecule has 0 aliphatic carbocycles.